The zero-order chi connectivity index (χ0) is 23.6. The molecule has 0 aliphatic heterocycles. The molecular weight excluding hydrogens is 447 g/mol. The molecule has 0 aliphatic rings. The molecule has 0 amide bonds. The van der Waals surface area contributed by atoms with Crippen molar-refractivity contribution in [1.29, 1.82) is 0 Å². The Balaban J connectivity index is 0.000000278. The van der Waals surface area contributed by atoms with Gasteiger partial charge in [0.15, 0.2) is 17.7 Å². The first-order chi connectivity index (χ1) is 15.3. The number of hydrogen-bond acceptors (Lipinski definition) is 5. The van der Waals surface area contributed by atoms with Crippen LogP contribution < -0.4 is 10.2 Å². The van der Waals surface area contributed by atoms with Gasteiger partial charge in [0.05, 0.1) is 6.21 Å². The molecule has 0 fully saturated rings. The monoisotopic (exact) mass is 470 g/mol. The minimum absolute atomic E-state index is 0.0899. The largest absolute Gasteiger partial charge is 0.480 e. The van der Waals surface area contributed by atoms with E-state index in [1.165, 1.54) is 0 Å². The standard InChI is InChI=1S/C17H15ClO3.C8H9ClN2/c1-17(2,11-19)21-15-9-5-13(6-10-15)16(20)12-3-7-14(18)8-4-12;1-10-11-6-7-4-2-3-5-8(7)9/h3-11H,1-2H3;2-6,10H,1H3/b;11-6+. The van der Waals surface area contributed by atoms with E-state index < -0.39 is 5.60 Å². The van der Waals surface area contributed by atoms with Crippen LogP contribution in [-0.2, 0) is 4.79 Å². The average molecular weight is 471 g/mol. The highest BCUT2D eigenvalue weighted by Crippen LogP contribution is 2.20. The topological polar surface area (TPSA) is 67.8 Å². The van der Waals surface area contributed by atoms with Crippen LogP contribution in [0.3, 0.4) is 0 Å². The highest BCUT2D eigenvalue weighted by molar-refractivity contribution is 6.33. The molecule has 3 aromatic carbocycles. The Morgan fingerprint density at radius 3 is 2.03 bits per heavy atom. The lowest BCUT2D eigenvalue weighted by molar-refractivity contribution is -0.119. The van der Waals surface area contributed by atoms with E-state index in [0.717, 1.165) is 11.8 Å². The molecule has 0 unspecified atom stereocenters. The van der Waals surface area contributed by atoms with Crippen molar-refractivity contribution < 1.29 is 14.3 Å². The summed E-state index contributed by atoms with van der Waals surface area (Å²) < 4.78 is 5.51. The van der Waals surface area contributed by atoms with Crippen molar-refractivity contribution in [3.05, 3.63) is 99.5 Å². The lowest BCUT2D eigenvalue weighted by Gasteiger charge is -2.19. The van der Waals surface area contributed by atoms with Gasteiger partial charge < -0.3 is 10.2 Å². The quantitative estimate of drug-likeness (QED) is 0.204. The third kappa shape index (κ3) is 7.84. The maximum atomic E-state index is 12.3. The lowest BCUT2D eigenvalue weighted by Crippen LogP contribution is -2.29. The van der Waals surface area contributed by atoms with Crippen LogP contribution in [0.1, 0.15) is 35.3 Å². The van der Waals surface area contributed by atoms with Crippen molar-refractivity contribution in [3.8, 4) is 5.75 Å². The van der Waals surface area contributed by atoms with Crippen molar-refractivity contribution in [2.75, 3.05) is 7.05 Å². The van der Waals surface area contributed by atoms with Gasteiger partial charge in [0.1, 0.15) is 5.75 Å². The molecule has 3 aromatic rings. The van der Waals surface area contributed by atoms with Gasteiger partial charge in [0.2, 0.25) is 0 Å². The summed E-state index contributed by atoms with van der Waals surface area (Å²) in [5.41, 5.74) is 3.81. The first-order valence-electron chi connectivity index (χ1n) is 9.76. The molecule has 0 heterocycles. The first kappa shape index (κ1) is 25.1. The number of ether oxygens (including phenoxy) is 1. The van der Waals surface area contributed by atoms with Crippen molar-refractivity contribution in [2.45, 2.75) is 19.4 Å². The number of carbonyl (C=O) groups excluding carboxylic acids is 2. The number of nitrogens with one attached hydrogen (secondary N) is 1. The summed E-state index contributed by atoms with van der Waals surface area (Å²) in [5, 5.41) is 5.15. The van der Waals surface area contributed by atoms with Gasteiger partial charge in [-0.1, -0.05) is 41.4 Å². The normalized spacial score (nSPS) is 10.8. The summed E-state index contributed by atoms with van der Waals surface area (Å²) in [5.74, 6) is 0.452. The van der Waals surface area contributed by atoms with Gasteiger partial charge in [-0.25, -0.2) is 0 Å². The van der Waals surface area contributed by atoms with Gasteiger partial charge in [-0.2, -0.15) is 5.10 Å². The third-order valence-electron chi connectivity index (χ3n) is 4.13. The summed E-state index contributed by atoms with van der Waals surface area (Å²) in [6, 6.07) is 21.0. The Morgan fingerprint density at radius 1 is 0.938 bits per heavy atom. The minimum atomic E-state index is -0.887. The average Bonchev–Trinajstić information content (AvgIpc) is 2.79. The van der Waals surface area contributed by atoms with Gasteiger partial charge in [0, 0.05) is 33.8 Å². The molecule has 0 aliphatic carbocycles. The minimum Gasteiger partial charge on any atom is -0.480 e. The fourth-order valence-electron chi connectivity index (χ4n) is 2.48. The molecular formula is C25H24Cl2N2O3. The van der Waals surface area contributed by atoms with Crippen molar-refractivity contribution in [1.82, 2.24) is 5.43 Å². The van der Waals surface area contributed by atoms with Gasteiger partial charge in [-0.3, -0.25) is 9.59 Å². The molecule has 0 spiro atoms. The van der Waals surface area contributed by atoms with E-state index in [2.05, 4.69) is 10.5 Å². The predicted octanol–water partition coefficient (Wildman–Crippen LogP) is 5.82. The van der Waals surface area contributed by atoms with Crippen LogP contribution in [0.5, 0.6) is 5.75 Å². The zero-order valence-corrected chi connectivity index (χ0v) is 19.5. The van der Waals surface area contributed by atoms with E-state index in [-0.39, 0.29) is 5.78 Å². The van der Waals surface area contributed by atoms with E-state index >= 15 is 0 Å². The molecule has 0 atom stereocenters. The Labute approximate surface area is 198 Å². The Kier molecular flexibility index (Phi) is 9.44. The van der Waals surface area contributed by atoms with Crippen LogP contribution in [0.4, 0.5) is 0 Å². The highest BCUT2D eigenvalue weighted by atomic mass is 35.5. The number of carbonyl (C=O) groups is 2. The van der Waals surface area contributed by atoms with Gasteiger partial charge >= 0.3 is 0 Å². The van der Waals surface area contributed by atoms with Crippen LogP contribution in [0.15, 0.2) is 77.9 Å². The number of ketones is 1. The van der Waals surface area contributed by atoms with Gasteiger partial charge in [-0.05, 0) is 68.4 Å². The number of rotatable bonds is 7. The SMILES string of the molecule is CC(C)(C=O)Oc1ccc(C(=O)c2ccc(Cl)cc2)cc1.CN/N=C/c1ccccc1Cl. The van der Waals surface area contributed by atoms with Crippen LogP contribution in [0.25, 0.3) is 0 Å². The summed E-state index contributed by atoms with van der Waals surface area (Å²) in [7, 11) is 1.74. The Hall–Kier alpha value is -3.15. The zero-order valence-electron chi connectivity index (χ0n) is 18.0. The molecule has 1 N–H and O–H groups in total. The maximum Gasteiger partial charge on any atom is 0.193 e. The van der Waals surface area contributed by atoms with Crippen molar-refractivity contribution >= 4 is 41.5 Å². The number of hydrazone groups is 1. The van der Waals surface area contributed by atoms with E-state index in [4.69, 9.17) is 27.9 Å². The molecule has 32 heavy (non-hydrogen) atoms. The fraction of sp³-hybridized carbons (Fsp3) is 0.160. The molecule has 0 radical (unpaired) electrons. The highest BCUT2D eigenvalue weighted by Gasteiger charge is 2.18. The van der Waals surface area contributed by atoms with Crippen LogP contribution >= 0.6 is 23.2 Å². The van der Waals surface area contributed by atoms with Crippen LogP contribution in [0.2, 0.25) is 10.0 Å². The third-order valence-corrected chi connectivity index (χ3v) is 4.72. The number of halogens is 2. The lowest BCUT2D eigenvalue weighted by atomic mass is 10.0. The second-order valence-corrected chi connectivity index (χ2v) is 8.03. The molecule has 0 saturated carbocycles. The molecule has 0 bridgehead atoms. The maximum absolute atomic E-state index is 12.3. The molecule has 3 rings (SSSR count). The first-order valence-corrected chi connectivity index (χ1v) is 10.5. The van der Waals surface area contributed by atoms with Crippen molar-refractivity contribution in [2.24, 2.45) is 5.10 Å². The predicted molar refractivity (Wildman–Crippen MR) is 130 cm³/mol. The second kappa shape index (κ2) is 12.0. The second-order valence-electron chi connectivity index (χ2n) is 7.19. The summed E-state index contributed by atoms with van der Waals surface area (Å²) in [6.07, 6.45) is 2.42. The van der Waals surface area contributed by atoms with E-state index in [1.54, 1.807) is 75.6 Å². The Bertz CT molecular complexity index is 1060. The molecule has 5 nitrogen and oxygen atoms in total. The van der Waals surface area contributed by atoms with Crippen molar-refractivity contribution in [3.63, 3.8) is 0 Å². The number of benzene rings is 3. The van der Waals surface area contributed by atoms with E-state index in [1.807, 2.05) is 24.3 Å². The van der Waals surface area contributed by atoms with Gasteiger partial charge in [0.25, 0.3) is 0 Å². The van der Waals surface area contributed by atoms with Gasteiger partial charge in [-0.15, -0.1) is 0 Å². The van der Waals surface area contributed by atoms with E-state index in [9.17, 15) is 9.59 Å². The summed E-state index contributed by atoms with van der Waals surface area (Å²) in [6.45, 7) is 3.35. The molecule has 7 heteroatoms. The van der Waals surface area contributed by atoms with E-state index in [0.29, 0.717) is 26.9 Å². The molecule has 166 valence electrons. The smallest absolute Gasteiger partial charge is 0.193 e. The van der Waals surface area contributed by atoms with Crippen LogP contribution in [-0.4, -0.2) is 30.9 Å². The summed E-state index contributed by atoms with van der Waals surface area (Å²) in [4.78, 5) is 23.1. The van der Waals surface area contributed by atoms with Crippen LogP contribution in [0, 0.1) is 0 Å². The number of nitrogens with zero attached hydrogens (tertiary/aromatic N) is 1. The Morgan fingerprint density at radius 2 is 1.50 bits per heavy atom. The summed E-state index contributed by atoms with van der Waals surface area (Å²) >= 11 is 11.6. The number of hydrogen-bond donors (Lipinski definition) is 1. The molecule has 0 saturated heterocycles. The number of aldehydes is 1. The molecule has 0 aromatic heterocycles. The fourth-order valence-corrected chi connectivity index (χ4v) is 2.79.